The van der Waals surface area contributed by atoms with Gasteiger partial charge in [-0.15, -0.1) is 0 Å². The second-order valence-corrected chi connectivity index (χ2v) is 5.85. The average molecular weight is 375 g/mol. The topological polar surface area (TPSA) is 22.1 Å². The number of aromatic nitrogens is 1. The summed E-state index contributed by atoms with van der Waals surface area (Å²) in [6.07, 6.45) is 0. The summed E-state index contributed by atoms with van der Waals surface area (Å²) in [6, 6.07) is 16.1. The fourth-order valence-electron chi connectivity index (χ4n) is 2.15. The first-order valence-corrected chi connectivity index (χ1v) is 7.52. The quantitative estimate of drug-likeness (QED) is 0.571. The van der Waals surface area contributed by atoms with Crippen molar-refractivity contribution in [1.82, 2.24) is 4.98 Å². The van der Waals surface area contributed by atoms with Gasteiger partial charge in [0.15, 0.2) is 5.75 Å². The summed E-state index contributed by atoms with van der Waals surface area (Å²) in [5.41, 5.74) is 3.17. The summed E-state index contributed by atoms with van der Waals surface area (Å²) < 4.78 is 7.17. The molecule has 0 saturated heterocycles. The fourth-order valence-corrected chi connectivity index (χ4v) is 2.67. The predicted molar refractivity (Wildman–Crippen MR) is 90.5 cm³/mol. The van der Waals surface area contributed by atoms with E-state index in [1.807, 2.05) is 43.3 Å². The zero-order valence-corrected chi connectivity index (χ0v) is 13.5. The first kappa shape index (κ1) is 13.4. The van der Waals surface area contributed by atoms with Crippen molar-refractivity contribution in [1.29, 1.82) is 0 Å². The summed E-state index contributed by atoms with van der Waals surface area (Å²) in [5, 5.41) is 1.06. The third-order valence-electron chi connectivity index (χ3n) is 3.16. The van der Waals surface area contributed by atoms with Gasteiger partial charge in [-0.05, 0) is 60.7 Å². The third kappa shape index (κ3) is 2.50. The van der Waals surface area contributed by atoms with Crippen molar-refractivity contribution in [2.45, 2.75) is 13.8 Å². The predicted octanol–water partition coefficient (Wildman–Crippen LogP) is 5.25. The number of ether oxygens (including phenoxy) is 1. The van der Waals surface area contributed by atoms with Gasteiger partial charge in [-0.25, -0.2) is 0 Å². The van der Waals surface area contributed by atoms with Crippen LogP contribution in [0, 0.1) is 17.4 Å². The number of nitrogens with zero attached hydrogens (tertiary/aromatic N) is 1. The van der Waals surface area contributed by atoms with E-state index < -0.39 is 0 Å². The Bertz CT molecular complexity index is 769. The van der Waals surface area contributed by atoms with E-state index in [4.69, 9.17) is 4.74 Å². The molecule has 100 valence electrons. The Kier molecular flexibility index (Phi) is 3.61. The van der Waals surface area contributed by atoms with Crippen LogP contribution in [-0.2, 0) is 0 Å². The molecule has 0 N–H and O–H groups in total. The van der Waals surface area contributed by atoms with Gasteiger partial charge in [0, 0.05) is 5.39 Å². The highest BCUT2D eigenvalue weighted by Crippen LogP contribution is 2.35. The average Bonchev–Trinajstić information content (AvgIpc) is 2.46. The van der Waals surface area contributed by atoms with Gasteiger partial charge in [0.2, 0.25) is 0 Å². The number of hydrogen-bond acceptors (Lipinski definition) is 2. The molecule has 3 aromatic rings. The van der Waals surface area contributed by atoms with Crippen molar-refractivity contribution >= 4 is 33.5 Å². The van der Waals surface area contributed by atoms with Crippen LogP contribution in [0.5, 0.6) is 11.5 Å². The molecule has 0 saturated carbocycles. The highest BCUT2D eigenvalue weighted by molar-refractivity contribution is 14.1. The van der Waals surface area contributed by atoms with E-state index >= 15 is 0 Å². The van der Waals surface area contributed by atoms with Crippen LogP contribution in [0.4, 0.5) is 0 Å². The summed E-state index contributed by atoms with van der Waals surface area (Å²) in [5.74, 6) is 1.74. The molecular formula is C17H14INO. The Morgan fingerprint density at radius 3 is 2.50 bits per heavy atom. The smallest absolute Gasteiger partial charge is 0.151 e. The molecule has 0 radical (unpaired) electrons. The normalized spacial score (nSPS) is 10.8. The molecule has 0 aliphatic rings. The standard InChI is InChI=1S/C17H14INO/c1-11-8-9-15-14(10-11)17(16(18)12(2)19-15)20-13-6-4-3-5-7-13/h3-10H,1-2H3. The highest BCUT2D eigenvalue weighted by Gasteiger charge is 2.13. The molecule has 0 amide bonds. The Labute approximate surface area is 131 Å². The molecule has 0 bridgehead atoms. The van der Waals surface area contributed by atoms with Crippen molar-refractivity contribution in [3.8, 4) is 11.5 Å². The molecule has 2 nitrogen and oxygen atoms in total. The molecule has 0 aliphatic heterocycles. The second-order valence-electron chi connectivity index (χ2n) is 4.78. The van der Waals surface area contributed by atoms with Crippen LogP contribution in [0.1, 0.15) is 11.3 Å². The summed E-state index contributed by atoms with van der Waals surface area (Å²) in [4.78, 5) is 4.63. The van der Waals surface area contributed by atoms with Gasteiger partial charge in [0.05, 0.1) is 14.8 Å². The van der Waals surface area contributed by atoms with E-state index in [1.165, 1.54) is 5.56 Å². The minimum Gasteiger partial charge on any atom is -0.455 e. The van der Waals surface area contributed by atoms with Crippen LogP contribution >= 0.6 is 22.6 Å². The maximum absolute atomic E-state index is 6.11. The van der Waals surface area contributed by atoms with Crippen LogP contribution in [0.25, 0.3) is 10.9 Å². The molecule has 0 unspecified atom stereocenters. The third-order valence-corrected chi connectivity index (χ3v) is 4.44. The van der Waals surface area contributed by atoms with E-state index in [1.54, 1.807) is 0 Å². The molecule has 3 rings (SSSR count). The molecule has 2 aromatic carbocycles. The number of fused-ring (bicyclic) bond motifs is 1. The molecular weight excluding hydrogens is 361 g/mol. The Morgan fingerprint density at radius 1 is 1.00 bits per heavy atom. The van der Waals surface area contributed by atoms with Crippen molar-refractivity contribution in [2.75, 3.05) is 0 Å². The molecule has 1 aromatic heterocycles. The lowest BCUT2D eigenvalue weighted by Gasteiger charge is -2.13. The van der Waals surface area contributed by atoms with E-state index in [9.17, 15) is 0 Å². The maximum Gasteiger partial charge on any atom is 0.151 e. The van der Waals surface area contributed by atoms with Crippen molar-refractivity contribution in [3.05, 3.63) is 63.4 Å². The number of aryl methyl sites for hydroxylation is 2. The highest BCUT2D eigenvalue weighted by atomic mass is 127. The van der Waals surface area contributed by atoms with Gasteiger partial charge < -0.3 is 4.74 Å². The largest absolute Gasteiger partial charge is 0.455 e. The number of hydrogen-bond donors (Lipinski definition) is 0. The monoisotopic (exact) mass is 375 g/mol. The number of rotatable bonds is 2. The first-order chi connectivity index (χ1) is 9.65. The SMILES string of the molecule is Cc1ccc2nc(C)c(I)c(Oc3ccccc3)c2c1. The number of halogens is 1. The minimum absolute atomic E-state index is 0.846. The molecule has 0 spiro atoms. The van der Waals surface area contributed by atoms with Gasteiger partial charge >= 0.3 is 0 Å². The minimum atomic E-state index is 0.846. The van der Waals surface area contributed by atoms with E-state index in [0.29, 0.717) is 0 Å². The zero-order valence-electron chi connectivity index (χ0n) is 11.4. The molecule has 1 heterocycles. The van der Waals surface area contributed by atoms with Crippen LogP contribution in [-0.4, -0.2) is 4.98 Å². The number of pyridine rings is 1. The molecule has 20 heavy (non-hydrogen) atoms. The summed E-state index contributed by atoms with van der Waals surface area (Å²) in [7, 11) is 0. The van der Waals surface area contributed by atoms with Crippen molar-refractivity contribution in [2.24, 2.45) is 0 Å². The molecule has 0 aliphatic carbocycles. The van der Waals surface area contributed by atoms with Crippen LogP contribution in [0.3, 0.4) is 0 Å². The van der Waals surface area contributed by atoms with Crippen LogP contribution in [0.15, 0.2) is 48.5 Å². The maximum atomic E-state index is 6.11. The van der Waals surface area contributed by atoms with Crippen molar-refractivity contribution < 1.29 is 4.74 Å². The first-order valence-electron chi connectivity index (χ1n) is 6.44. The van der Waals surface area contributed by atoms with Gasteiger partial charge in [0.25, 0.3) is 0 Å². The van der Waals surface area contributed by atoms with Crippen LogP contribution in [0.2, 0.25) is 0 Å². The van der Waals surface area contributed by atoms with E-state index in [-0.39, 0.29) is 0 Å². The van der Waals surface area contributed by atoms with Crippen molar-refractivity contribution in [3.63, 3.8) is 0 Å². The summed E-state index contributed by atoms with van der Waals surface area (Å²) in [6.45, 7) is 4.09. The van der Waals surface area contributed by atoms with Gasteiger partial charge in [-0.1, -0.05) is 29.8 Å². The van der Waals surface area contributed by atoms with Gasteiger partial charge in [0.1, 0.15) is 5.75 Å². The van der Waals surface area contributed by atoms with Gasteiger partial charge in [-0.3, -0.25) is 4.98 Å². The lowest BCUT2D eigenvalue weighted by molar-refractivity contribution is 0.484. The lowest BCUT2D eigenvalue weighted by atomic mass is 10.1. The van der Waals surface area contributed by atoms with E-state index in [0.717, 1.165) is 31.7 Å². The Hall–Kier alpha value is -1.62. The van der Waals surface area contributed by atoms with Gasteiger partial charge in [-0.2, -0.15) is 0 Å². The lowest BCUT2D eigenvalue weighted by Crippen LogP contribution is -1.95. The summed E-state index contributed by atoms with van der Waals surface area (Å²) >= 11 is 2.30. The van der Waals surface area contributed by atoms with Crippen LogP contribution < -0.4 is 4.74 Å². The molecule has 3 heteroatoms. The molecule has 0 fully saturated rings. The Balaban J connectivity index is 2.22. The Morgan fingerprint density at radius 2 is 1.75 bits per heavy atom. The molecule has 0 atom stereocenters. The fraction of sp³-hybridized carbons (Fsp3) is 0.118. The second kappa shape index (κ2) is 5.40. The number of para-hydroxylation sites is 1. The van der Waals surface area contributed by atoms with E-state index in [2.05, 4.69) is 46.6 Å². The zero-order chi connectivity index (χ0) is 14.1. The number of benzene rings is 2.